The van der Waals surface area contributed by atoms with Crippen LogP contribution in [-0.4, -0.2) is 37.7 Å². The Bertz CT molecular complexity index is 135. The van der Waals surface area contributed by atoms with Gasteiger partial charge in [-0.1, -0.05) is 0 Å². The largest absolute Gasteiger partial charge is 2.00 e. The summed E-state index contributed by atoms with van der Waals surface area (Å²) in [6, 6.07) is 0. The third-order valence-electron chi connectivity index (χ3n) is 0. The van der Waals surface area contributed by atoms with Gasteiger partial charge < -0.3 is 38.5 Å². The third-order valence-corrected chi connectivity index (χ3v) is 0. The molecule has 0 atom stereocenters. The van der Waals surface area contributed by atoms with Gasteiger partial charge in [0.15, 0.2) is 0 Å². The minimum absolute atomic E-state index is 0. The topological polar surface area (TPSA) is 172 Å². The van der Waals surface area contributed by atoms with Crippen LogP contribution in [0.5, 0.6) is 0 Å². The first-order valence-corrected chi connectivity index (χ1v) is 4.38. The predicted octanol–water partition coefficient (Wildman–Crippen LogP) is -6.57. The van der Waals surface area contributed by atoms with Crippen LogP contribution in [0.2, 0.25) is 0 Å². The van der Waals surface area contributed by atoms with Crippen LogP contribution in [0.15, 0.2) is 0 Å². The molecule has 0 heterocycles. The molecule has 0 amide bonds. The van der Waals surface area contributed by atoms with E-state index in [9.17, 15) is 0 Å². The summed E-state index contributed by atoms with van der Waals surface area (Å²) in [5.74, 6) is 0. The maximum atomic E-state index is 8.55. The minimum Gasteiger partial charge on any atom is 2.00 e. The van der Waals surface area contributed by atoms with E-state index in [4.69, 9.17) is 38.5 Å². The molecule has 0 aliphatic rings. The number of hydrogen-bond donors (Lipinski definition) is 0. The molecule has 0 bridgehead atoms. The van der Waals surface area contributed by atoms with E-state index >= 15 is 0 Å². The van der Waals surface area contributed by atoms with Crippen molar-refractivity contribution in [2.45, 2.75) is 0 Å². The van der Waals surface area contributed by atoms with Crippen LogP contribution >= 0.6 is 15.6 Å². The molecular weight excluding hydrogens is 421 g/mol. The Morgan fingerprint density at radius 1 is 0.571 bits per heavy atom. The molecule has 0 rings (SSSR count). The van der Waals surface area contributed by atoms with Gasteiger partial charge >= 0.3 is 88.9 Å². The van der Waals surface area contributed by atoms with Crippen molar-refractivity contribution in [3.63, 3.8) is 0 Å². The summed E-state index contributed by atoms with van der Waals surface area (Å²) in [6.07, 6.45) is 0. The molecule has 0 fully saturated rings. The van der Waals surface area contributed by atoms with Crippen molar-refractivity contribution in [3.05, 3.63) is 0 Å². The molecule has 3 radical (unpaired) electrons. The van der Waals surface area contributed by atoms with E-state index in [2.05, 4.69) is 0 Å². The molecular formula is H2CaCu3O8P2. The third kappa shape index (κ3) is 321. The van der Waals surface area contributed by atoms with Crippen LogP contribution in [0.4, 0.5) is 0 Å². The van der Waals surface area contributed by atoms with E-state index < -0.39 is 15.6 Å². The van der Waals surface area contributed by atoms with Gasteiger partial charge in [-0.15, -0.1) is 0 Å². The molecule has 0 aliphatic carbocycles. The Morgan fingerprint density at radius 2 is 0.571 bits per heavy atom. The molecule has 0 saturated heterocycles. The van der Waals surface area contributed by atoms with E-state index in [-0.39, 0.29) is 88.9 Å². The standard InChI is InChI=1S/Ca.3Cu.2H3O4P.2H/c;;;;2*1-5(2,3)4;;/h;;;;2*(H3,1,2,3,4);;/q;3*+2;;;;/p-6. The fraction of sp³-hybridized carbons (Fsp3) is 0. The maximum Gasteiger partial charge on any atom is 2.00 e. The Labute approximate surface area is 141 Å². The molecule has 0 aromatic heterocycles. The van der Waals surface area contributed by atoms with Crippen LogP contribution in [0.3, 0.4) is 0 Å². The summed E-state index contributed by atoms with van der Waals surface area (Å²) in [5, 5.41) is 0. The monoisotopic (exact) mass is 421 g/mol. The second-order valence-corrected chi connectivity index (χ2v) is 2.68. The number of hydrogen-bond acceptors (Lipinski definition) is 8. The fourth-order valence-corrected chi connectivity index (χ4v) is 0. The number of rotatable bonds is 0. The van der Waals surface area contributed by atoms with E-state index in [0.29, 0.717) is 0 Å². The molecule has 14 heavy (non-hydrogen) atoms. The fourth-order valence-electron chi connectivity index (χ4n) is 0. The van der Waals surface area contributed by atoms with E-state index in [1.807, 2.05) is 0 Å². The molecule has 0 aliphatic heterocycles. The molecule has 0 spiro atoms. The van der Waals surface area contributed by atoms with E-state index in [1.165, 1.54) is 0 Å². The average molecular weight is 423 g/mol. The van der Waals surface area contributed by atoms with Crippen LogP contribution in [-0.2, 0) is 60.3 Å². The summed E-state index contributed by atoms with van der Waals surface area (Å²) < 4.78 is 17.1. The molecule has 0 aromatic carbocycles. The van der Waals surface area contributed by atoms with Gasteiger partial charge in [-0.05, 0) is 0 Å². The van der Waals surface area contributed by atoms with Gasteiger partial charge in [-0.2, -0.15) is 15.6 Å². The van der Waals surface area contributed by atoms with Gasteiger partial charge in [0.05, 0.1) is 0 Å². The smallest absolute Gasteiger partial charge is 2.00 e. The first kappa shape index (κ1) is 36.0. The van der Waals surface area contributed by atoms with Crippen molar-refractivity contribution in [1.82, 2.24) is 0 Å². The maximum absolute atomic E-state index is 8.55. The van der Waals surface area contributed by atoms with Crippen molar-refractivity contribution in [1.29, 1.82) is 0 Å². The summed E-state index contributed by atoms with van der Waals surface area (Å²) in [6.45, 7) is 0. The van der Waals surface area contributed by atoms with E-state index in [1.54, 1.807) is 0 Å². The van der Waals surface area contributed by atoms with Crippen molar-refractivity contribution in [2.75, 3.05) is 0 Å². The van der Waals surface area contributed by atoms with Crippen LogP contribution in [0.25, 0.3) is 0 Å². The molecule has 0 unspecified atom stereocenters. The normalized spacial score (nSPS) is 8.43. The number of phosphoric acid groups is 2. The molecule has 0 N–H and O–H groups in total. The molecule has 14 heteroatoms. The molecule has 95 valence electrons. The van der Waals surface area contributed by atoms with Crippen molar-refractivity contribution >= 4 is 53.4 Å². The Hall–Kier alpha value is 3.04. The Kier molecular flexibility index (Phi) is 41.2. The average Bonchev–Trinajstić information content (AvgIpc) is 1.12. The van der Waals surface area contributed by atoms with Gasteiger partial charge in [0.2, 0.25) is 0 Å². The summed E-state index contributed by atoms with van der Waals surface area (Å²) >= 11 is 0. The second-order valence-electron chi connectivity index (χ2n) is 0.894. The first-order valence-electron chi connectivity index (χ1n) is 1.46. The second kappa shape index (κ2) is 16.0. The van der Waals surface area contributed by atoms with Crippen molar-refractivity contribution in [3.8, 4) is 0 Å². The minimum atomic E-state index is -5.39. The predicted molar refractivity (Wildman–Crippen MR) is 23.8 cm³/mol. The van der Waals surface area contributed by atoms with Gasteiger partial charge in [0.1, 0.15) is 0 Å². The quantitative estimate of drug-likeness (QED) is 0.273. The van der Waals surface area contributed by atoms with Gasteiger partial charge in [-0.3, -0.25) is 0 Å². The molecule has 0 aromatic rings. The Balaban J connectivity index is -0.0000000178. The summed E-state index contributed by atoms with van der Waals surface area (Å²) in [4.78, 5) is 51.3. The zero-order valence-electron chi connectivity index (χ0n) is 5.06. The van der Waals surface area contributed by atoms with Crippen LogP contribution in [0.1, 0.15) is 0 Å². The Morgan fingerprint density at radius 3 is 0.571 bits per heavy atom. The van der Waals surface area contributed by atoms with Gasteiger partial charge in [-0.25, -0.2) is 0 Å². The van der Waals surface area contributed by atoms with Gasteiger partial charge in [0, 0.05) is 0 Å². The van der Waals surface area contributed by atoms with Crippen molar-refractivity contribution in [2.24, 2.45) is 0 Å². The van der Waals surface area contributed by atoms with Crippen molar-refractivity contribution < 1.29 is 89.7 Å². The van der Waals surface area contributed by atoms with Crippen LogP contribution in [0, 0.1) is 0 Å². The van der Waals surface area contributed by atoms with Crippen LogP contribution < -0.4 is 29.4 Å². The van der Waals surface area contributed by atoms with Gasteiger partial charge in [0.25, 0.3) is 0 Å². The molecule has 8 nitrogen and oxygen atoms in total. The zero-order valence-corrected chi connectivity index (χ0v) is 9.68. The molecule has 0 saturated carbocycles. The summed E-state index contributed by atoms with van der Waals surface area (Å²) in [7, 11) is -10.8. The first-order chi connectivity index (χ1) is 4.00. The summed E-state index contributed by atoms with van der Waals surface area (Å²) in [5.41, 5.74) is 0. The van der Waals surface area contributed by atoms with E-state index in [0.717, 1.165) is 0 Å². The SMILES string of the molecule is O=P([O-])([O-])[O-].O=P([O-])([O-])[O-].[CaH2].[Cu+2].[Cu+2].[Cu+2]. The zero-order chi connectivity index (χ0) is 9.00.